The largest absolute Gasteiger partial charge is 0.492 e. The number of fused-ring (bicyclic) bond motifs is 1. The van der Waals surface area contributed by atoms with E-state index in [1.165, 1.54) is 22.7 Å². The van der Waals surface area contributed by atoms with Crippen LogP contribution in [0.5, 0.6) is 5.75 Å². The first kappa shape index (κ1) is 22.1. The third-order valence-corrected chi connectivity index (χ3v) is 7.31. The van der Waals surface area contributed by atoms with Gasteiger partial charge in [0.25, 0.3) is 5.91 Å². The molecule has 0 radical (unpaired) electrons. The van der Waals surface area contributed by atoms with Crippen molar-refractivity contribution in [2.75, 3.05) is 50.9 Å². The average molecular weight is 461 g/mol. The van der Waals surface area contributed by atoms with Crippen molar-refractivity contribution in [3.8, 4) is 5.75 Å². The van der Waals surface area contributed by atoms with E-state index < -0.39 is 0 Å². The molecule has 3 aromatic rings. The minimum absolute atomic E-state index is 0.0258. The molecule has 0 unspecified atom stereocenters. The Morgan fingerprint density at radius 3 is 2.74 bits per heavy atom. The second kappa shape index (κ2) is 10.0. The molecule has 0 spiro atoms. The number of nitrogens with zero attached hydrogens (tertiary/aromatic N) is 4. The maximum absolute atomic E-state index is 13.5. The Hall–Kier alpha value is -2.07. The fourth-order valence-electron chi connectivity index (χ4n) is 3.71. The van der Waals surface area contributed by atoms with Crippen molar-refractivity contribution in [1.29, 1.82) is 0 Å². The molecule has 4 rings (SSSR count). The van der Waals surface area contributed by atoms with Gasteiger partial charge in [0.1, 0.15) is 16.1 Å². The number of amides is 1. The summed E-state index contributed by atoms with van der Waals surface area (Å²) < 4.78 is 12.2. The Bertz CT molecular complexity index is 1040. The van der Waals surface area contributed by atoms with Crippen LogP contribution in [0.1, 0.15) is 33.7 Å². The van der Waals surface area contributed by atoms with Crippen LogP contribution in [-0.2, 0) is 4.74 Å². The molecule has 0 atom stereocenters. The maximum Gasteiger partial charge on any atom is 0.272 e. The van der Waals surface area contributed by atoms with Crippen molar-refractivity contribution in [2.24, 2.45) is 0 Å². The minimum atomic E-state index is -0.0258. The summed E-state index contributed by atoms with van der Waals surface area (Å²) in [4.78, 5) is 27.7. The lowest BCUT2D eigenvalue weighted by molar-refractivity contribution is 0.0376. The third-order valence-electron chi connectivity index (χ3n) is 5.20. The van der Waals surface area contributed by atoms with E-state index in [4.69, 9.17) is 14.5 Å². The van der Waals surface area contributed by atoms with E-state index in [0.29, 0.717) is 23.2 Å². The molecular weight excluding hydrogens is 432 g/mol. The fourth-order valence-corrected chi connectivity index (χ4v) is 5.59. The van der Waals surface area contributed by atoms with Crippen LogP contribution in [0.2, 0.25) is 0 Å². The summed E-state index contributed by atoms with van der Waals surface area (Å²) in [5.41, 5.74) is 1.59. The first-order valence-corrected chi connectivity index (χ1v) is 12.3. The zero-order chi connectivity index (χ0) is 21.8. The number of hydrogen-bond acceptors (Lipinski definition) is 8. The van der Waals surface area contributed by atoms with Crippen molar-refractivity contribution in [3.05, 3.63) is 33.8 Å². The van der Waals surface area contributed by atoms with E-state index in [2.05, 4.69) is 9.88 Å². The predicted octanol–water partition coefficient (Wildman–Crippen LogP) is 4.14. The lowest BCUT2D eigenvalue weighted by atomic mass is 10.3. The molecule has 0 N–H and O–H groups in total. The SMILES string of the molecule is CCOc1cccc2sc(N(CCCN3CCOCC3)C(=O)c3sc(C)nc3C)nc12. The summed E-state index contributed by atoms with van der Waals surface area (Å²) >= 11 is 2.98. The van der Waals surface area contributed by atoms with Gasteiger partial charge in [0.05, 0.1) is 35.2 Å². The van der Waals surface area contributed by atoms with E-state index in [-0.39, 0.29) is 5.91 Å². The summed E-state index contributed by atoms with van der Waals surface area (Å²) in [7, 11) is 0. The number of morpholine rings is 1. The first-order valence-electron chi connectivity index (χ1n) is 10.6. The highest BCUT2D eigenvalue weighted by atomic mass is 32.1. The normalized spacial score (nSPS) is 14.8. The number of ether oxygens (including phenoxy) is 2. The molecule has 1 fully saturated rings. The van der Waals surface area contributed by atoms with Crippen LogP contribution >= 0.6 is 22.7 Å². The van der Waals surface area contributed by atoms with Gasteiger partial charge in [-0.15, -0.1) is 11.3 Å². The zero-order valence-corrected chi connectivity index (χ0v) is 19.9. The van der Waals surface area contributed by atoms with Crippen LogP contribution < -0.4 is 9.64 Å². The average Bonchev–Trinajstić information content (AvgIpc) is 3.35. The Kier molecular flexibility index (Phi) is 7.16. The van der Waals surface area contributed by atoms with E-state index >= 15 is 0 Å². The molecule has 9 heteroatoms. The molecule has 3 heterocycles. The monoisotopic (exact) mass is 460 g/mol. The number of hydrogen-bond donors (Lipinski definition) is 0. The molecule has 1 aliphatic heterocycles. The molecule has 0 aliphatic carbocycles. The lowest BCUT2D eigenvalue weighted by Gasteiger charge is -2.27. The van der Waals surface area contributed by atoms with Crippen molar-refractivity contribution in [1.82, 2.24) is 14.9 Å². The summed E-state index contributed by atoms with van der Waals surface area (Å²) in [6.07, 6.45) is 0.872. The van der Waals surface area contributed by atoms with Gasteiger partial charge in [-0.1, -0.05) is 17.4 Å². The quantitative estimate of drug-likeness (QED) is 0.503. The standard InChI is InChI=1S/C22H28N4O3S2/c1-4-29-17-7-5-8-18-19(17)24-22(31-18)26(10-6-9-25-11-13-28-14-12-25)21(27)20-15(2)23-16(3)30-20/h5,7-8H,4,6,9-14H2,1-3H3. The van der Waals surface area contributed by atoms with Crippen LogP contribution in [0.25, 0.3) is 10.2 Å². The summed E-state index contributed by atoms with van der Waals surface area (Å²) in [5, 5.41) is 1.61. The van der Waals surface area contributed by atoms with Gasteiger partial charge < -0.3 is 9.47 Å². The highest BCUT2D eigenvalue weighted by molar-refractivity contribution is 7.22. The Morgan fingerprint density at radius 2 is 2.03 bits per heavy atom. The number of carbonyl (C=O) groups is 1. The van der Waals surface area contributed by atoms with Gasteiger partial charge in [-0.3, -0.25) is 14.6 Å². The number of anilines is 1. The van der Waals surface area contributed by atoms with E-state index in [1.54, 1.807) is 0 Å². The van der Waals surface area contributed by atoms with Crippen molar-refractivity contribution >= 4 is 43.9 Å². The lowest BCUT2D eigenvalue weighted by Crippen LogP contribution is -2.39. The molecule has 166 valence electrons. The zero-order valence-electron chi connectivity index (χ0n) is 18.2. The number of aromatic nitrogens is 2. The smallest absolute Gasteiger partial charge is 0.272 e. The van der Waals surface area contributed by atoms with E-state index in [0.717, 1.165) is 65.9 Å². The Balaban J connectivity index is 1.61. The summed E-state index contributed by atoms with van der Waals surface area (Å²) in [6, 6.07) is 5.92. The highest BCUT2D eigenvalue weighted by Crippen LogP contribution is 2.35. The number of benzene rings is 1. The van der Waals surface area contributed by atoms with Gasteiger partial charge in [-0.2, -0.15) is 0 Å². The van der Waals surface area contributed by atoms with Gasteiger partial charge in [0, 0.05) is 26.2 Å². The van der Waals surface area contributed by atoms with Gasteiger partial charge in [-0.25, -0.2) is 9.97 Å². The molecule has 0 bridgehead atoms. The second-order valence-electron chi connectivity index (χ2n) is 7.44. The molecule has 1 saturated heterocycles. The van der Waals surface area contributed by atoms with Crippen LogP contribution in [0, 0.1) is 13.8 Å². The predicted molar refractivity (Wildman–Crippen MR) is 126 cm³/mol. The third kappa shape index (κ3) is 5.06. The van der Waals surface area contributed by atoms with Gasteiger partial charge in [0.2, 0.25) is 0 Å². The fraction of sp³-hybridized carbons (Fsp3) is 0.500. The second-order valence-corrected chi connectivity index (χ2v) is 9.66. The van der Waals surface area contributed by atoms with Crippen molar-refractivity contribution in [2.45, 2.75) is 27.2 Å². The molecular formula is C22H28N4O3S2. The molecule has 1 aromatic carbocycles. The number of rotatable bonds is 8. The first-order chi connectivity index (χ1) is 15.1. The highest BCUT2D eigenvalue weighted by Gasteiger charge is 2.25. The molecule has 7 nitrogen and oxygen atoms in total. The molecule has 31 heavy (non-hydrogen) atoms. The Labute approximate surface area is 190 Å². The molecule has 1 aliphatic rings. The van der Waals surface area contributed by atoms with Gasteiger partial charge in [0.15, 0.2) is 5.13 Å². The molecule has 1 amide bonds. The van der Waals surface area contributed by atoms with Crippen molar-refractivity contribution in [3.63, 3.8) is 0 Å². The van der Waals surface area contributed by atoms with Crippen molar-refractivity contribution < 1.29 is 14.3 Å². The maximum atomic E-state index is 13.5. The van der Waals surface area contributed by atoms with Crippen LogP contribution in [-0.4, -0.2) is 66.8 Å². The van der Waals surface area contributed by atoms with Crippen LogP contribution in [0.3, 0.4) is 0 Å². The number of para-hydroxylation sites is 1. The van der Waals surface area contributed by atoms with Crippen LogP contribution in [0.15, 0.2) is 18.2 Å². The Morgan fingerprint density at radius 1 is 1.23 bits per heavy atom. The number of thiazole rings is 2. The summed E-state index contributed by atoms with van der Waals surface area (Å²) in [6.45, 7) is 11.4. The van der Waals surface area contributed by atoms with Gasteiger partial charge in [-0.05, 0) is 39.3 Å². The molecule has 2 aromatic heterocycles. The number of aryl methyl sites for hydroxylation is 2. The number of carbonyl (C=O) groups excluding carboxylic acids is 1. The summed E-state index contributed by atoms with van der Waals surface area (Å²) in [5.74, 6) is 0.732. The van der Waals surface area contributed by atoms with E-state index in [9.17, 15) is 4.79 Å². The minimum Gasteiger partial charge on any atom is -0.492 e. The van der Waals surface area contributed by atoms with Gasteiger partial charge >= 0.3 is 0 Å². The van der Waals surface area contributed by atoms with E-state index in [1.807, 2.05) is 43.9 Å². The molecule has 0 saturated carbocycles. The topological polar surface area (TPSA) is 67.8 Å². The van der Waals surface area contributed by atoms with Crippen LogP contribution in [0.4, 0.5) is 5.13 Å².